The van der Waals surface area contributed by atoms with Crippen molar-refractivity contribution >= 4 is 16.7 Å². The van der Waals surface area contributed by atoms with Crippen molar-refractivity contribution in [1.29, 1.82) is 0 Å². The molecule has 88 valence electrons. The second kappa shape index (κ2) is 4.45. The molecule has 0 aliphatic heterocycles. The molecule has 2 aromatic carbocycles. The van der Waals surface area contributed by atoms with Crippen LogP contribution >= 0.6 is 0 Å². The van der Waals surface area contributed by atoms with Gasteiger partial charge >= 0.3 is 5.97 Å². The first-order valence-corrected chi connectivity index (χ1v) is 5.43. The molecule has 3 heteroatoms. The van der Waals surface area contributed by atoms with Gasteiger partial charge in [0.05, 0.1) is 13.0 Å². The Kier molecular flexibility index (Phi) is 3.00. The third-order valence-corrected chi connectivity index (χ3v) is 2.96. The minimum Gasteiger partial charge on any atom is -0.507 e. The van der Waals surface area contributed by atoms with Crippen LogP contribution in [-0.4, -0.2) is 18.2 Å². The van der Waals surface area contributed by atoms with Gasteiger partial charge in [-0.2, -0.15) is 0 Å². The van der Waals surface area contributed by atoms with E-state index in [4.69, 9.17) is 4.74 Å². The van der Waals surface area contributed by atoms with Crippen LogP contribution in [0.25, 0.3) is 10.8 Å². The van der Waals surface area contributed by atoms with Gasteiger partial charge in [0.15, 0.2) is 0 Å². The summed E-state index contributed by atoms with van der Waals surface area (Å²) in [6.45, 7) is 1.80. The van der Waals surface area contributed by atoms with Crippen molar-refractivity contribution in [3.8, 4) is 5.75 Å². The van der Waals surface area contributed by atoms with Crippen molar-refractivity contribution in [2.45, 2.75) is 12.8 Å². The van der Waals surface area contributed by atoms with Crippen LogP contribution in [0, 0.1) is 0 Å². The molecule has 0 aliphatic rings. The minimum absolute atomic E-state index is 0.224. The monoisotopic (exact) mass is 230 g/mol. The summed E-state index contributed by atoms with van der Waals surface area (Å²) in [7, 11) is 1.38. The van der Waals surface area contributed by atoms with Crippen molar-refractivity contribution in [2.24, 2.45) is 0 Å². The molecule has 2 aromatic rings. The van der Waals surface area contributed by atoms with E-state index in [-0.39, 0.29) is 17.6 Å². The maximum Gasteiger partial charge on any atom is 0.312 e. The normalized spacial score (nSPS) is 12.4. The van der Waals surface area contributed by atoms with Crippen LogP contribution < -0.4 is 0 Å². The summed E-state index contributed by atoms with van der Waals surface area (Å²) in [4.78, 5) is 11.6. The fourth-order valence-electron chi connectivity index (χ4n) is 1.99. The largest absolute Gasteiger partial charge is 0.507 e. The van der Waals surface area contributed by atoms with Gasteiger partial charge in [-0.25, -0.2) is 0 Å². The third-order valence-electron chi connectivity index (χ3n) is 2.96. The second-order valence-electron chi connectivity index (χ2n) is 3.96. The first kappa shape index (κ1) is 11.5. The second-order valence-corrected chi connectivity index (χ2v) is 3.96. The van der Waals surface area contributed by atoms with Gasteiger partial charge in [0.25, 0.3) is 0 Å². The topological polar surface area (TPSA) is 46.5 Å². The lowest BCUT2D eigenvalue weighted by atomic mass is 9.94. The predicted molar refractivity (Wildman–Crippen MR) is 66.0 cm³/mol. The minimum atomic E-state index is -0.342. The highest BCUT2D eigenvalue weighted by molar-refractivity contribution is 5.94. The molecule has 0 bridgehead atoms. The van der Waals surface area contributed by atoms with Gasteiger partial charge in [-0.1, -0.05) is 30.3 Å². The van der Waals surface area contributed by atoms with Gasteiger partial charge in [-0.05, 0) is 23.9 Å². The molecule has 0 saturated carbocycles. The summed E-state index contributed by atoms with van der Waals surface area (Å²) in [5.74, 6) is -0.396. The quantitative estimate of drug-likeness (QED) is 0.807. The first-order chi connectivity index (χ1) is 8.15. The maximum atomic E-state index is 11.6. The SMILES string of the molecule is COC(=O)[C@@H](C)c1ccc(O)c2ccccc12. The van der Waals surface area contributed by atoms with Gasteiger partial charge in [-0.3, -0.25) is 4.79 Å². The summed E-state index contributed by atoms with van der Waals surface area (Å²) >= 11 is 0. The number of esters is 1. The number of hydrogen-bond acceptors (Lipinski definition) is 3. The van der Waals surface area contributed by atoms with E-state index in [0.717, 1.165) is 16.3 Å². The van der Waals surface area contributed by atoms with Gasteiger partial charge in [0.2, 0.25) is 0 Å². The summed E-state index contributed by atoms with van der Waals surface area (Å²) in [6.07, 6.45) is 0. The van der Waals surface area contributed by atoms with E-state index in [1.807, 2.05) is 24.3 Å². The number of benzene rings is 2. The predicted octanol–water partition coefficient (Wildman–Crippen LogP) is 2.82. The van der Waals surface area contributed by atoms with Crippen LogP contribution in [-0.2, 0) is 9.53 Å². The van der Waals surface area contributed by atoms with Crippen LogP contribution in [0.15, 0.2) is 36.4 Å². The number of fused-ring (bicyclic) bond motifs is 1. The average Bonchev–Trinajstić information content (AvgIpc) is 2.38. The number of rotatable bonds is 2. The number of hydrogen-bond donors (Lipinski definition) is 1. The van der Waals surface area contributed by atoms with Crippen LogP contribution in [0.3, 0.4) is 0 Å². The number of carbonyl (C=O) groups is 1. The highest BCUT2D eigenvalue weighted by Crippen LogP contribution is 2.31. The Balaban J connectivity index is 2.63. The Morgan fingerprint density at radius 1 is 1.18 bits per heavy atom. The number of methoxy groups -OCH3 is 1. The average molecular weight is 230 g/mol. The molecule has 0 amide bonds. The lowest BCUT2D eigenvalue weighted by molar-refractivity contribution is -0.141. The number of carbonyl (C=O) groups excluding carboxylic acids is 1. The molecule has 0 aromatic heterocycles. The molecule has 3 nitrogen and oxygen atoms in total. The van der Waals surface area contributed by atoms with Gasteiger partial charge in [0.1, 0.15) is 5.75 Å². The van der Waals surface area contributed by atoms with Crippen LogP contribution in [0.4, 0.5) is 0 Å². The van der Waals surface area contributed by atoms with E-state index in [0.29, 0.717) is 0 Å². The summed E-state index contributed by atoms with van der Waals surface area (Å²) in [5, 5.41) is 11.4. The van der Waals surface area contributed by atoms with Crippen molar-refractivity contribution in [3.63, 3.8) is 0 Å². The van der Waals surface area contributed by atoms with Crippen molar-refractivity contribution in [1.82, 2.24) is 0 Å². The molecule has 17 heavy (non-hydrogen) atoms. The standard InChI is InChI=1S/C14H14O3/c1-9(14(16)17-2)10-7-8-13(15)12-6-4-3-5-11(10)12/h3-9,15H,1-2H3/t9-/m0/s1. The van der Waals surface area contributed by atoms with Gasteiger partial charge in [-0.15, -0.1) is 0 Å². The van der Waals surface area contributed by atoms with E-state index < -0.39 is 0 Å². The summed E-state index contributed by atoms with van der Waals surface area (Å²) in [6, 6.07) is 10.8. The summed E-state index contributed by atoms with van der Waals surface area (Å²) in [5.41, 5.74) is 0.866. The zero-order valence-electron chi connectivity index (χ0n) is 9.81. The third kappa shape index (κ3) is 1.96. The Hall–Kier alpha value is -2.03. The zero-order valence-corrected chi connectivity index (χ0v) is 9.81. The number of phenols is 1. The lowest BCUT2D eigenvalue weighted by Gasteiger charge is -2.13. The molecule has 0 fully saturated rings. The molecule has 0 radical (unpaired) electrons. The number of aromatic hydroxyl groups is 1. The maximum absolute atomic E-state index is 11.6. The molecular formula is C14H14O3. The highest BCUT2D eigenvalue weighted by Gasteiger charge is 2.18. The molecule has 0 unspecified atom stereocenters. The summed E-state index contributed by atoms with van der Waals surface area (Å²) < 4.78 is 4.74. The molecule has 1 N–H and O–H groups in total. The van der Waals surface area contributed by atoms with Crippen LogP contribution in [0.2, 0.25) is 0 Å². The van der Waals surface area contributed by atoms with Crippen LogP contribution in [0.1, 0.15) is 18.4 Å². The van der Waals surface area contributed by atoms with E-state index in [2.05, 4.69) is 0 Å². The van der Waals surface area contributed by atoms with Crippen LogP contribution in [0.5, 0.6) is 5.75 Å². The smallest absolute Gasteiger partial charge is 0.312 e. The van der Waals surface area contributed by atoms with E-state index in [1.165, 1.54) is 7.11 Å². The van der Waals surface area contributed by atoms with E-state index in [1.54, 1.807) is 19.1 Å². The molecule has 0 saturated heterocycles. The fourth-order valence-corrected chi connectivity index (χ4v) is 1.99. The Morgan fingerprint density at radius 3 is 2.47 bits per heavy atom. The number of phenolic OH excluding ortho intramolecular Hbond substituents is 1. The Morgan fingerprint density at radius 2 is 1.82 bits per heavy atom. The molecular weight excluding hydrogens is 216 g/mol. The van der Waals surface area contributed by atoms with Crippen molar-refractivity contribution in [3.05, 3.63) is 42.0 Å². The molecule has 2 rings (SSSR count). The van der Waals surface area contributed by atoms with Gasteiger partial charge in [0, 0.05) is 5.39 Å². The lowest BCUT2D eigenvalue weighted by Crippen LogP contribution is -2.11. The first-order valence-electron chi connectivity index (χ1n) is 5.43. The van der Waals surface area contributed by atoms with Crippen molar-refractivity contribution in [2.75, 3.05) is 7.11 Å². The number of ether oxygens (including phenoxy) is 1. The van der Waals surface area contributed by atoms with E-state index >= 15 is 0 Å². The molecule has 0 aliphatic carbocycles. The molecule has 1 atom stereocenters. The van der Waals surface area contributed by atoms with E-state index in [9.17, 15) is 9.90 Å². The zero-order chi connectivity index (χ0) is 12.4. The fraction of sp³-hybridized carbons (Fsp3) is 0.214. The molecule has 0 heterocycles. The Bertz CT molecular complexity index is 560. The van der Waals surface area contributed by atoms with Crippen molar-refractivity contribution < 1.29 is 14.6 Å². The highest BCUT2D eigenvalue weighted by atomic mass is 16.5. The van der Waals surface area contributed by atoms with Gasteiger partial charge < -0.3 is 9.84 Å². The Labute approximate surface area is 99.6 Å². The molecule has 0 spiro atoms.